The summed E-state index contributed by atoms with van der Waals surface area (Å²) in [7, 11) is 0. The Kier molecular flexibility index (Phi) is 4.97. The highest BCUT2D eigenvalue weighted by molar-refractivity contribution is 5.73. The minimum Gasteiger partial charge on any atom is -0.465 e. The van der Waals surface area contributed by atoms with Crippen LogP contribution < -0.4 is 0 Å². The van der Waals surface area contributed by atoms with Gasteiger partial charge in [0.25, 0.3) is 0 Å². The molecule has 1 aromatic rings. The van der Waals surface area contributed by atoms with Gasteiger partial charge in [0.1, 0.15) is 0 Å². The topological polar surface area (TPSA) is 29.5 Å². The monoisotopic (exact) mass is 261 g/mol. The van der Waals surface area contributed by atoms with Crippen molar-refractivity contribution in [3.8, 4) is 0 Å². The molecule has 0 amide bonds. The number of ether oxygens (including phenoxy) is 1. The third-order valence-corrected chi connectivity index (χ3v) is 3.83. The number of esters is 1. The van der Waals surface area contributed by atoms with Gasteiger partial charge in [0.15, 0.2) is 0 Å². The van der Waals surface area contributed by atoms with Crippen LogP contribution >= 0.6 is 0 Å². The Morgan fingerprint density at radius 3 is 2.84 bits per heavy atom. The molecule has 1 heterocycles. The van der Waals surface area contributed by atoms with E-state index in [1.807, 2.05) is 13.0 Å². The van der Waals surface area contributed by atoms with Crippen LogP contribution in [-0.2, 0) is 9.53 Å². The number of rotatable bonds is 5. The molecule has 0 aliphatic carbocycles. The van der Waals surface area contributed by atoms with Gasteiger partial charge in [-0.05, 0) is 31.9 Å². The molecule has 19 heavy (non-hydrogen) atoms. The van der Waals surface area contributed by atoms with E-state index < -0.39 is 0 Å². The first-order valence-electron chi connectivity index (χ1n) is 7.18. The van der Waals surface area contributed by atoms with Crippen molar-refractivity contribution < 1.29 is 9.53 Å². The number of carbonyl (C=O) groups excluding carboxylic acids is 1. The zero-order valence-corrected chi connectivity index (χ0v) is 11.8. The molecule has 2 unspecified atom stereocenters. The Morgan fingerprint density at radius 2 is 2.16 bits per heavy atom. The molecule has 2 rings (SSSR count). The molecule has 1 aliphatic heterocycles. The molecule has 0 spiro atoms. The molecule has 104 valence electrons. The smallest absolute Gasteiger partial charge is 0.310 e. The van der Waals surface area contributed by atoms with Crippen LogP contribution in [0.2, 0.25) is 0 Å². The van der Waals surface area contributed by atoms with Crippen LogP contribution in [0.5, 0.6) is 0 Å². The molecule has 0 N–H and O–H groups in total. The summed E-state index contributed by atoms with van der Waals surface area (Å²) in [6.45, 7) is 6.56. The van der Waals surface area contributed by atoms with Crippen molar-refractivity contribution in [2.24, 2.45) is 5.92 Å². The van der Waals surface area contributed by atoms with Crippen LogP contribution in [-0.4, -0.2) is 30.6 Å². The Morgan fingerprint density at radius 1 is 1.42 bits per heavy atom. The Bertz CT molecular complexity index is 404. The zero-order valence-electron chi connectivity index (χ0n) is 11.8. The highest BCUT2D eigenvalue weighted by Gasteiger charge is 2.32. The van der Waals surface area contributed by atoms with Crippen molar-refractivity contribution in [1.82, 2.24) is 4.90 Å². The van der Waals surface area contributed by atoms with E-state index >= 15 is 0 Å². The van der Waals surface area contributed by atoms with Gasteiger partial charge >= 0.3 is 5.97 Å². The fraction of sp³-hybridized carbons (Fsp3) is 0.562. The van der Waals surface area contributed by atoms with E-state index in [9.17, 15) is 4.79 Å². The fourth-order valence-electron chi connectivity index (χ4n) is 2.59. The molecule has 1 saturated heterocycles. The van der Waals surface area contributed by atoms with Gasteiger partial charge in [0.05, 0.1) is 12.5 Å². The van der Waals surface area contributed by atoms with Crippen molar-refractivity contribution in [2.45, 2.75) is 32.7 Å². The lowest BCUT2D eigenvalue weighted by molar-refractivity contribution is -0.148. The lowest BCUT2D eigenvalue weighted by Gasteiger charge is -2.24. The van der Waals surface area contributed by atoms with Gasteiger partial charge in [0.2, 0.25) is 0 Å². The maximum absolute atomic E-state index is 11.9. The maximum atomic E-state index is 11.9. The van der Waals surface area contributed by atoms with Gasteiger partial charge in [0, 0.05) is 12.6 Å². The Hall–Kier alpha value is -1.35. The number of carbonyl (C=O) groups is 1. The second-order valence-electron chi connectivity index (χ2n) is 5.23. The van der Waals surface area contributed by atoms with Crippen LogP contribution in [0.3, 0.4) is 0 Å². The number of hydrogen-bond donors (Lipinski definition) is 0. The van der Waals surface area contributed by atoms with Crippen LogP contribution in [0.1, 0.15) is 38.3 Å². The minimum atomic E-state index is -0.0235. The molecule has 1 aliphatic rings. The van der Waals surface area contributed by atoms with Crippen LogP contribution in [0, 0.1) is 5.92 Å². The predicted molar refractivity (Wildman–Crippen MR) is 75.8 cm³/mol. The molecule has 1 aromatic carbocycles. The first kappa shape index (κ1) is 14.1. The summed E-state index contributed by atoms with van der Waals surface area (Å²) in [5, 5.41) is 0. The maximum Gasteiger partial charge on any atom is 0.310 e. The fourth-order valence-corrected chi connectivity index (χ4v) is 2.59. The molecule has 0 bridgehead atoms. The number of likely N-dealkylation sites (tertiary alicyclic amines) is 1. The molecule has 2 atom stereocenters. The molecule has 1 fully saturated rings. The number of benzene rings is 1. The molecule has 3 heteroatoms. The van der Waals surface area contributed by atoms with Gasteiger partial charge in [-0.2, -0.15) is 0 Å². The van der Waals surface area contributed by atoms with Crippen molar-refractivity contribution in [1.29, 1.82) is 0 Å². The molecule has 3 nitrogen and oxygen atoms in total. The van der Waals surface area contributed by atoms with Crippen molar-refractivity contribution in [3.63, 3.8) is 0 Å². The summed E-state index contributed by atoms with van der Waals surface area (Å²) in [6, 6.07) is 10.8. The lowest BCUT2D eigenvalue weighted by Crippen LogP contribution is -2.27. The third kappa shape index (κ3) is 3.57. The van der Waals surface area contributed by atoms with Gasteiger partial charge in [-0.3, -0.25) is 9.69 Å². The number of nitrogens with zero attached hydrogens (tertiary/aromatic N) is 1. The first-order valence-corrected chi connectivity index (χ1v) is 7.18. The largest absolute Gasteiger partial charge is 0.465 e. The predicted octanol–water partition coefficient (Wildman–Crippen LogP) is 3.02. The lowest BCUT2D eigenvalue weighted by atomic mass is 10.1. The van der Waals surface area contributed by atoms with E-state index in [1.165, 1.54) is 5.56 Å². The van der Waals surface area contributed by atoms with E-state index in [0.29, 0.717) is 12.6 Å². The summed E-state index contributed by atoms with van der Waals surface area (Å²) >= 11 is 0. The van der Waals surface area contributed by atoms with Gasteiger partial charge in [-0.15, -0.1) is 0 Å². The second-order valence-corrected chi connectivity index (χ2v) is 5.23. The van der Waals surface area contributed by atoms with Crippen molar-refractivity contribution >= 4 is 5.97 Å². The summed E-state index contributed by atoms with van der Waals surface area (Å²) in [5.41, 5.74) is 1.31. The quantitative estimate of drug-likeness (QED) is 0.763. The normalized spacial score (nSPS) is 21.3. The summed E-state index contributed by atoms with van der Waals surface area (Å²) in [5.74, 6) is 0.0299. The Labute approximate surface area is 115 Å². The van der Waals surface area contributed by atoms with Crippen LogP contribution in [0.25, 0.3) is 0 Å². The van der Waals surface area contributed by atoms with E-state index in [-0.39, 0.29) is 11.9 Å². The molecule has 0 aromatic heterocycles. The van der Waals surface area contributed by atoms with Crippen LogP contribution in [0.15, 0.2) is 30.3 Å². The van der Waals surface area contributed by atoms with E-state index in [4.69, 9.17) is 4.74 Å². The SMILES string of the molecule is CCCOC(=O)C1CCN(C(C)c2ccccc2)C1. The van der Waals surface area contributed by atoms with Gasteiger partial charge in [-0.1, -0.05) is 37.3 Å². The summed E-state index contributed by atoms with van der Waals surface area (Å²) in [4.78, 5) is 14.2. The van der Waals surface area contributed by atoms with E-state index in [0.717, 1.165) is 25.9 Å². The van der Waals surface area contributed by atoms with E-state index in [2.05, 4.69) is 36.1 Å². The number of hydrogen-bond acceptors (Lipinski definition) is 3. The average molecular weight is 261 g/mol. The highest BCUT2D eigenvalue weighted by Crippen LogP contribution is 2.27. The molecular formula is C16H23NO2. The van der Waals surface area contributed by atoms with Crippen molar-refractivity contribution in [2.75, 3.05) is 19.7 Å². The van der Waals surface area contributed by atoms with Gasteiger partial charge in [-0.25, -0.2) is 0 Å². The first-order chi connectivity index (χ1) is 9.22. The molecular weight excluding hydrogens is 238 g/mol. The van der Waals surface area contributed by atoms with Crippen LogP contribution in [0.4, 0.5) is 0 Å². The summed E-state index contributed by atoms with van der Waals surface area (Å²) in [6.07, 6.45) is 1.81. The average Bonchev–Trinajstić information content (AvgIpc) is 2.94. The van der Waals surface area contributed by atoms with Crippen molar-refractivity contribution in [3.05, 3.63) is 35.9 Å². The molecule has 0 saturated carbocycles. The van der Waals surface area contributed by atoms with E-state index in [1.54, 1.807) is 0 Å². The van der Waals surface area contributed by atoms with Gasteiger partial charge < -0.3 is 4.74 Å². The molecule has 0 radical (unpaired) electrons. The summed E-state index contributed by atoms with van der Waals surface area (Å²) < 4.78 is 5.24. The standard InChI is InChI=1S/C16H23NO2/c1-3-11-19-16(18)15-9-10-17(12-15)13(2)14-7-5-4-6-8-14/h4-8,13,15H,3,9-12H2,1-2H3. The second kappa shape index (κ2) is 6.71. The third-order valence-electron chi connectivity index (χ3n) is 3.83. The Balaban J connectivity index is 1.89. The zero-order chi connectivity index (χ0) is 13.7. The minimum absolute atomic E-state index is 0.0235. The highest BCUT2D eigenvalue weighted by atomic mass is 16.5.